The molecule has 0 aliphatic heterocycles. The first kappa shape index (κ1) is 12.7. The van der Waals surface area contributed by atoms with Gasteiger partial charge in [-0.05, 0) is 17.7 Å². The smallest absolute Gasteiger partial charge is 0.338 e. The van der Waals surface area contributed by atoms with Crippen LogP contribution in [0.3, 0.4) is 0 Å². The Labute approximate surface area is 96.8 Å². The van der Waals surface area contributed by atoms with Crippen LogP contribution in [0.15, 0.2) is 18.2 Å². The first-order chi connectivity index (χ1) is 8.01. The molecule has 0 heterocycles. The van der Waals surface area contributed by atoms with E-state index in [1.165, 1.54) is 6.07 Å². The van der Waals surface area contributed by atoms with Crippen molar-refractivity contribution in [2.75, 3.05) is 14.2 Å². The van der Waals surface area contributed by atoms with Gasteiger partial charge in [-0.2, -0.15) is 0 Å². The molecule has 0 saturated heterocycles. The number of benzene rings is 1. The Bertz CT molecular complexity index is 477. The zero-order valence-corrected chi connectivity index (χ0v) is 9.18. The number of hydrogen-bond donors (Lipinski definition) is 0. The summed E-state index contributed by atoms with van der Waals surface area (Å²) in [6.45, 7) is 0. The summed E-state index contributed by atoms with van der Waals surface area (Å²) in [5.74, 6) is -3.03. The van der Waals surface area contributed by atoms with Gasteiger partial charge < -0.3 is 19.4 Å². The fourth-order valence-corrected chi connectivity index (χ4v) is 1.24. The van der Waals surface area contributed by atoms with Crippen LogP contribution in [0.1, 0.15) is 31.1 Å². The standard InChI is InChI=1S/C11H10O6/c1-16-10(14)7-4-3-6(9(12)13)5-8(7)11(15)17-2/h3-5H,1-2H3,(H,12,13)/p-1. The second-order valence-electron chi connectivity index (χ2n) is 3.03. The molecule has 1 rings (SSSR count). The number of ether oxygens (including phenoxy) is 2. The normalized spacial score (nSPS) is 9.53. The predicted octanol–water partition coefficient (Wildman–Crippen LogP) is -0.377. The molecule has 6 nitrogen and oxygen atoms in total. The van der Waals surface area contributed by atoms with Crippen LogP contribution in [-0.2, 0) is 9.47 Å². The van der Waals surface area contributed by atoms with Gasteiger partial charge in [0.25, 0.3) is 0 Å². The van der Waals surface area contributed by atoms with Crippen LogP contribution in [0.5, 0.6) is 0 Å². The van der Waals surface area contributed by atoms with E-state index in [2.05, 4.69) is 9.47 Å². The third kappa shape index (κ3) is 2.60. The quantitative estimate of drug-likeness (QED) is 0.665. The van der Waals surface area contributed by atoms with Crippen molar-refractivity contribution in [2.45, 2.75) is 0 Å². The van der Waals surface area contributed by atoms with E-state index >= 15 is 0 Å². The minimum absolute atomic E-state index is 0.0654. The van der Waals surface area contributed by atoms with Crippen LogP contribution in [0.25, 0.3) is 0 Å². The minimum atomic E-state index is -1.45. The van der Waals surface area contributed by atoms with Crippen molar-refractivity contribution in [1.29, 1.82) is 0 Å². The molecule has 1 aromatic rings. The molecule has 0 amide bonds. The lowest BCUT2D eigenvalue weighted by atomic mass is 10.0. The van der Waals surface area contributed by atoms with Crippen molar-refractivity contribution in [3.05, 3.63) is 34.9 Å². The van der Waals surface area contributed by atoms with Crippen LogP contribution in [0.4, 0.5) is 0 Å². The van der Waals surface area contributed by atoms with Gasteiger partial charge in [0.15, 0.2) is 0 Å². The molecule has 6 heteroatoms. The van der Waals surface area contributed by atoms with E-state index in [0.717, 1.165) is 26.4 Å². The maximum absolute atomic E-state index is 11.4. The molecule has 0 saturated carbocycles. The monoisotopic (exact) mass is 237 g/mol. The molecule has 0 aliphatic rings. The van der Waals surface area contributed by atoms with Crippen molar-refractivity contribution in [3.63, 3.8) is 0 Å². The Kier molecular flexibility index (Phi) is 3.82. The summed E-state index contributed by atoms with van der Waals surface area (Å²) < 4.78 is 8.91. The number of carboxylic acid groups (broad SMARTS) is 1. The molecule has 0 N–H and O–H groups in total. The van der Waals surface area contributed by atoms with E-state index in [4.69, 9.17) is 0 Å². The van der Waals surface area contributed by atoms with Crippen molar-refractivity contribution in [3.8, 4) is 0 Å². The van der Waals surface area contributed by atoms with Gasteiger partial charge in [-0.25, -0.2) is 9.59 Å². The number of hydrogen-bond acceptors (Lipinski definition) is 6. The maximum Gasteiger partial charge on any atom is 0.338 e. The van der Waals surface area contributed by atoms with E-state index in [1.54, 1.807) is 0 Å². The zero-order valence-electron chi connectivity index (χ0n) is 9.18. The van der Waals surface area contributed by atoms with E-state index in [0.29, 0.717) is 0 Å². The fraction of sp³-hybridized carbons (Fsp3) is 0.182. The number of carbonyl (C=O) groups excluding carboxylic acids is 3. The average Bonchev–Trinajstić information content (AvgIpc) is 2.35. The molecule has 0 fully saturated rings. The number of carbonyl (C=O) groups is 3. The Morgan fingerprint density at radius 3 is 2.00 bits per heavy atom. The third-order valence-electron chi connectivity index (χ3n) is 2.07. The summed E-state index contributed by atoms with van der Waals surface area (Å²) >= 11 is 0. The number of aromatic carboxylic acids is 1. The van der Waals surface area contributed by atoms with Gasteiger partial charge in [0.05, 0.1) is 31.3 Å². The van der Waals surface area contributed by atoms with E-state index < -0.39 is 17.9 Å². The summed E-state index contributed by atoms with van der Waals surface area (Å²) in [4.78, 5) is 33.4. The largest absolute Gasteiger partial charge is 0.545 e. The van der Waals surface area contributed by atoms with Crippen LogP contribution in [0, 0.1) is 0 Å². The van der Waals surface area contributed by atoms with Gasteiger partial charge in [0, 0.05) is 0 Å². The summed E-state index contributed by atoms with van der Waals surface area (Å²) in [7, 11) is 2.27. The summed E-state index contributed by atoms with van der Waals surface area (Å²) in [6.07, 6.45) is 0. The zero-order chi connectivity index (χ0) is 13.0. The second kappa shape index (κ2) is 5.11. The molecule has 0 atom stereocenters. The molecule has 0 aliphatic carbocycles. The molecule has 0 radical (unpaired) electrons. The topological polar surface area (TPSA) is 92.7 Å². The van der Waals surface area contributed by atoms with Crippen molar-refractivity contribution in [2.24, 2.45) is 0 Å². The Morgan fingerprint density at radius 2 is 1.53 bits per heavy atom. The van der Waals surface area contributed by atoms with Gasteiger partial charge in [-0.3, -0.25) is 0 Å². The van der Waals surface area contributed by atoms with E-state index in [9.17, 15) is 19.5 Å². The lowest BCUT2D eigenvalue weighted by Gasteiger charge is -2.09. The summed E-state index contributed by atoms with van der Waals surface area (Å²) in [6, 6.07) is 3.32. The van der Waals surface area contributed by atoms with Gasteiger partial charge in [-0.15, -0.1) is 0 Å². The molecule has 1 aromatic carbocycles. The van der Waals surface area contributed by atoms with E-state index in [-0.39, 0.29) is 16.7 Å². The highest BCUT2D eigenvalue weighted by molar-refractivity contribution is 6.04. The molecule has 17 heavy (non-hydrogen) atoms. The van der Waals surface area contributed by atoms with Gasteiger partial charge in [0.2, 0.25) is 0 Å². The highest BCUT2D eigenvalue weighted by Crippen LogP contribution is 2.14. The predicted molar refractivity (Wildman–Crippen MR) is 53.5 cm³/mol. The van der Waals surface area contributed by atoms with Crippen LogP contribution < -0.4 is 5.11 Å². The lowest BCUT2D eigenvalue weighted by molar-refractivity contribution is -0.255. The number of esters is 2. The molecule has 0 aromatic heterocycles. The number of rotatable bonds is 3. The highest BCUT2D eigenvalue weighted by Gasteiger charge is 2.18. The van der Waals surface area contributed by atoms with Crippen LogP contribution in [0.2, 0.25) is 0 Å². The minimum Gasteiger partial charge on any atom is -0.545 e. The van der Waals surface area contributed by atoms with Crippen molar-refractivity contribution < 1.29 is 29.0 Å². The average molecular weight is 237 g/mol. The first-order valence-electron chi connectivity index (χ1n) is 4.53. The summed E-state index contributed by atoms with van der Waals surface area (Å²) in [5.41, 5.74) is -0.469. The Balaban J connectivity index is 3.36. The number of carboxylic acids is 1. The first-order valence-corrected chi connectivity index (χ1v) is 4.53. The van der Waals surface area contributed by atoms with Gasteiger partial charge in [0.1, 0.15) is 0 Å². The van der Waals surface area contributed by atoms with Gasteiger partial charge in [-0.1, -0.05) is 6.07 Å². The van der Waals surface area contributed by atoms with Crippen molar-refractivity contribution >= 4 is 17.9 Å². The van der Waals surface area contributed by atoms with Crippen LogP contribution in [-0.4, -0.2) is 32.1 Å². The molecule has 90 valence electrons. The fourth-order valence-electron chi connectivity index (χ4n) is 1.24. The molecule has 0 spiro atoms. The lowest BCUT2D eigenvalue weighted by Crippen LogP contribution is -2.23. The second-order valence-corrected chi connectivity index (χ2v) is 3.03. The SMILES string of the molecule is COC(=O)c1ccc(C(=O)[O-])cc1C(=O)OC. The molecular weight excluding hydrogens is 228 g/mol. The summed E-state index contributed by atoms with van der Waals surface area (Å²) in [5, 5.41) is 10.6. The van der Waals surface area contributed by atoms with Gasteiger partial charge >= 0.3 is 11.9 Å². The highest BCUT2D eigenvalue weighted by atomic mass is 16.5. The van der Waals surface area contributed by atoms with Crippen molar-refractivity contribution in [1.82, 2.24) is 0 Å². The van der Waals surface area contributed by atoms with Crippen LogP contribution >= 0.6 is 0 Å². The Morgan fingerprint density at radius 1 is 1.00 bits per heavy atom. The Hall–Kier alpha value is -2.37. The van der Waals surface area contributed by atoms with E-state index in [1.807, 2.05) is 0 Å². The number of methoxy groups -OCH3 is 2. The third-order valence-corrected chi connectivity index (χ3v) is 2.07. The molecule has 0 unspecified atom stereocenters. The molecular formula is C11H9O6-. The molecule has 0 bridgehead atoms. The maximum atomic E-state index is 11.4.